The molecule has 0 bridgehead atoms. The fraction of sp³-hybridized carbons (Fsp3) is 0.692. The maximum atomic E-state index is 11.4. The summed E-state index contributed by atoms with van der Waals surface area (Å²) in [5.41, 5.74) is 3.07. The van der Waals surface area contributed by atoms with Gasteiger partial charge in [0.05, 0.1) is 5.69 Å². The standard InChI is InChI=1S/C13H24N4OS/c1-3-5-7-17(8-6-4-2)9-11-10-19-13(15-11)12(18)16-14/h10H,3-9,14H2,1-2H3,(H,16,18). The topological polar surface area (TPSA) is 71.2 Å². The van der Waals surface area contributed by atoms with Crippen LogP contribution in [0.5, 0.6) is 0 Å². The molecule has 3 N–H and O–H groups in total. The summed E-state index contributed by atoms with van der Waals surface area (Å²) in [6.45, 7) is 7.39. The molecule has 6 heteroatoms. The minimum Gasteiger partial charge on any atom is -0.297 e. The van der Waals surface area contributed by atoms with Gasteiger partial charge in [0.15, 0.2) is 5.01 Å². The van der Waals surface area contributed by atoms with Gasteiger partial charge < -0.3 is 0 Å². The fourth-order valence-corrected chi connectivity index (χ4v) is 2.52. The van der Waals surface area contributed by atoms with Gasteiger partial charge in [-0.2, -0.15) is 0 Å². The first-order valence-electron chi connectivity index (χ1n) is 6.88. The lowest BCUT2D eigenvalue weighted by Gasteiger charge is -2.20. The zero-order valence-electron chi connectivity index (χ0n) is 11.8. The predicted molar refractivity (Wildman–Crippen MR) is 78.9 cm³/mol. The smallest absolute Gasteiger partial charge is 0.294 e. The lowest BCUT2D eigenvalue weighted by Crippen LogP contribution is -2.30. The van der Waals surface area contributed by atoms with Crippen LogP contribution >= 0.6 is 11.3 Å². The number of rotatable bonds is 9. The summed E-state index contributed by atoms with van der Waals surface area (Å²) in [5.74, 6) is 4.79. The van der Waals surface area contributed by atoms with Gasteiger partial charge in [-0.05, 0) is 25.9 Å². The first-order valence-corrected chi connectivity index (χ1v) is 7.76. The first-order chi connectivity index (χ1) is 9.21. The number of nitrogens with one attached hydrogen (secondary N) is 1. The van der Waals surface area contributed by atoms with Crippen LogP contribution in [0.4, 0.5) is 0 Å². The van der Waals surface area contributed by atoms with Crippen molar-refractivity contribution in [2.45, 2.75) is 46.1 Å². The Morgan fingerprint density at radius 2 is 2.00 bits per heavy atom. The molecule has 1 aromatic heterocycles. The number of carbonyl (C=O) groups excluding carboxylic acids is 1. The second-order valence-corrected chi connectivity index (χ2v) is 5.46. The number of nitrogens with zero attached hydrogens (tertiary/aromatic N) is 2. The summed E-state index contributed by atoms with van der Waals surface area (Å²) in [7, 11) is 0. The van der Waals surface area contributed by atoms with Crippen molar-refractivity contribution in [1.29, 1.82) is 0 Å². The third kappa shape index (κ3) is 5.67. The van der Waals surface area contributed by atoms with Gasteiger partial charge >= 0.3 is 0 Å². The lowest BCUT2D eigenvalue weighted by molar-refractivity contribution is 0.0953. The van der Waals surface area contributed by atoms with Crippen LogP contribution in [-0.4, -0.2) is 28.9 Å². The van der Waals surface area contributed by atoms with E-state index >= 15 is 0 Å². The van der Waals surface area contributed by atoms with Gasteiger partial charge in [0.2, 0.25) is 0 Å². The highest BCUT2D eigenvalue weighted by atomic mass is 32.1. The Bertz CT molecular complexity index is 372. The van der Waals surface area contributed by atoms with Crippen molar-refractivity contribution in [2.24, 2.45) is 5.84 Å². The van der Waals surface area contributed by atoms with Crippen LogP contribution in [0.15, 0.2) is 5.38 Å². The molecular formula is C13H24N4OS. The van der Waals surface area contributed by atoms with Crippen LogP contribution in [0, 0.1) is 0 Å². The lowest BCUT2D eigenvalue weighted by atomic mass is 10.2. The van der Waals surface area contributed by atoms with Crippen LogP contribution in [0.25, 0.3) is 0 Å². The minimum absolute atomic E-state index is 0.315. The highest BCUT2D eigenvalue weighted by Crippen LogP contribution is 2.12. The van der Waals surface area contributed by atoms with E-state index < -0.39 is 0 Å². The molecule has 0 unspecified atom stereocenters. The fourth-order valence-electron chi connectivity index (χ4n) is 1.81. The molecule has 0 fully saturated rings. The summed E-state index contributed by atoms with van der Waals surface area (Å²) in [6.07, 6.45) is 4.79. The maximum absolute atomic E-state index is 11.4. The molecule has 0 aliphatic carbocycles. The Labute approximate surface area is 119 Å². The van der Waals surface area contributed by atoms with E-state index in [0.717, 1.165) is 25.3 Å². The molecule has 19 heavy (non-hydrogen) atoms. The van der Waals surface area contributed by atoms with Crippen molar-refractivity contribution in [3.63, 3.8) is 0 Å². The molecule has 108 valence electrons. The molecule has 0 atom stereocenters. The van der Waals surface area contributed by atoms with Gasteiger partial charge in [0.25, 0.3) is 5.91 Å². The van der Waals surface area contributed by atoms with E-state index in [-0.39, 0.29) is 5.91 Å². The number of aromatic nitrogens is 1. The number of hydrazine groups is 1. The molecule has 0 spiro atoms. The summed E-state index contributed by atoms with van der Waals surface area (Å²) in [4.78, 5) is 18.1. The molecule has 1 heterocycles. The van der Waals surface area contributed by atoms with Gasteiger partial charge in [0.1, 0.15) is 0 Å². The molecule has 0 saturated carbocycles. The van der Waals surface area contributed by atoms with Gasteiger partial charge in [-0.25, -0.2) is 10.8 Å². The summed E-state index contributed by atoms with van der Waals surface area (Å²) in [5, 5.41) is 2.37. The van der Waals surface area contributed by atoms with E-state index in [1.165, 1.54) is 37.0 Å². The van der Waals surface area contributed by atoms with Crippen LogP contribution < -0.4 is 11.3 Å². The zero-order valence-corrected chi connectivity index (χ0v) is 12.6. The number of hydrogen-bond acceptors (Lipinski definition) is 5. The second-order valence-electron chi connectivity index (χ2n) is 4.60. The average molecular weight is 284 g/mol. The molecule has 0 saturated heterocycles. The zero-order chi connectivity index (χ0) is 14.1. The third-order valence-corrected chi connectivity index (χ3v) is 3.81. The molecule has 5 nitrogen and oxygen atoms in total. The monoisotopic (exact) mass is 284 g/mol. The SMILES string of the molecule is CCCCN(CCCC)Cc1csc(C(=O)NN)n1. The Hall–Kier alpha value is -0.980. The maximum Gasteiger partial charge on any atom is 0.294 e. The third-order valence-electron chi connectivity index (χ3n) is 2.92. The molecule has 1 rings (SSSR count). The van der Waals surface area contributed by atoms with Crippen molar-refractivity contribution in [1.82, 2.24) is 15.3 Å². The Morgan fingerprint density at radius 1 is 1.37 bits per heavy atom. The molecule has 0 aromatic carbocycles. The molecule has 1 amide bonds. The number of hydrogen-bond donors (Lipinski definition) is 2. The number of nitrogens with two attached hydrogens (primary N) is 1. The van der Waals surface area contributed by atoms with E-state index in [4.69, 9.17) is 5.84 Å². The molecule has 0 aliphatic rings. The number of carbonyl (C=O) groups is 1. The van der Waals surface area contributed by atoms with Crippen LogP contribution in [0.1, 0.15) is 55.0 Å². The minimum atomic E-state index is -0.315. The van der Waals surface area contributed by atoms with Crippen LogP contribution in [0.3, 0.4) is 0 Å². The van der Waals surface area contributed by atoms with Crippen molar-refractivity contribution < 1.29 is 4.79 Å². The van der Waals surface area contributed by atoms with E-state index in [0.29, 0.717) is 5.01 Å². The van der Waals surface area contributed by atoms with E-state index in [2.05, 4.69) is 29.2 Å². The van der Waals surface area contributed by atoms with Crippen molar-refractivity contribution >= 4 is 17.2 Å². The summed E-state index contributed by atoms with van der Waals surface area (Å²) >= 11 is 1.34. The van der Waals surface area contributed by atoms with Crippen LogP contribution in [0.2, 0.25) is 0 Å². The Morgan fingerprint density at radius 3 is 2.53 bits per heavy atom. The highest BCUT2D eigenvalue weighted by molar-refractivity contribution is 7.11. The quantitative estimate of drug-likeness (QED) is 0.414. The average Bonchev–Trinajstić information content (AvgIpc) is 2.89. The van der Waals surface area contributed by atoms with E-state index in [1.807, 2.05) is 5.38 Å². The number of nitrogen functional groups attached to an aromatic ring is 1. The molecule has 0 aliphatic heterocycles. The van der Waals surface area contributed by atoms with E-state index in [9.17, 15) is 4.79 Å². The van der Waals surface area contributed by atoms with Crippen LogP contribution in [-0.2, 0) is 6.54 Å². The molecule has 1 aromatic rings. The van der Waals surface area contributed by atoms with Crippen molar-refractivity contribution in [3.05, 3.63) is 16.1 Å². The van der Waals surface area contributed by atoms with Gasteiger partial charge in [-0.3, -0.25) is 15.1 Å². The summed E-state index contributed by atoms with van der Waals surface area (Å²) < 4.78 is 0. The van der Waals surface area contributed by atoms with Crippen molar-refractivity contribution in [3.8, 4) is 0 Å². The number of thiazole rings is 1. The van der Waals surface area contributed by atoms with Gasteiger partial charge in [0, 0.05) is 11.9 Å². The first kappa shape index (κ1) is 16.1. The van der Waals surface area contributed by atoms with Crippen molar-refractivity contribution in [2.75, 3.05) is 13.1 Å². The summed E-state index contributed by atoms with van der Waals surface area (Å²) in [6, 6.07) is 0. The van der Waals surface area contributed by atoms with Gasteiger partial charge in [-0.15, -0.1) is 11.3 Å². The predicted octanol–water partition coefficient (Wildman–Crippen LogP) is 2.15. The van der Waals surface area contributed by atoms with E-state index in [1.54, 1.807) is 0 Å². The Balaban J connectivity index is 2.56. The normalized spacial score (nSPS) is 10.9. The van der Waals surface area contributed by atoms with Gasteiger partial charge in [-0.1, -0.05) is 26.7 Å². The highest BCUT2D eigenvalue weighted by Gasteiger charge is 2.12. The largest absolute Gasteiger partial charge is 0.297 e. The Kier molecular flexibility index (Phi) is 7.62. The molecule has 0 radical (unpaired) electrons. The molecular weight excluding hydrogens is 260 g/mol. The number of amides is 1. The second kappa shape index (κ2) is 9.01. The number of unbranched alkanes of at least 4 members (excludes halogenated alkanes) is 2.